The van der Waals surface area contributed by atoms with Gasteiger partial charge in [-0.2, -0.15) is 0 Å². The molecule has 0 aliphatic carbocycles. The summed E-state index contributed by atoms with van der Waals surface area (Å²) in [7, 11) is 0. The molecular weight excluding hydrogens is 156 g/mol. The van der Waals surface area contributed by atoms with Crippen LogP contribution in [0.15, 0.2) is 0 Å². The fraction of sp³-hybridized carbons (Fsp3) is 0.833. The predicted molar refractivity (Wildman–Crippen MR) is 33.6 cm³/mol. The lowest BCUT2D eigenvalue weighted by Crippen LogP contribution is -2.53. The van der Waals surface area contributed by atoms with Crippen molar-refractivity contribution < 1.29 is 18.7 Å². The number of alkyl halides is 2. The smallest absolute Gasteiger partial charge is 0.329 e. The number of carboxylic acids is 1. The van der Waals surface area contributed by atoms with Crippen LogP contribution in [0.2, 0.25) is 0 Å². The van der Waals surface area contributed by atoms with Crippen LogP contribution in [0.3, 0.4) is 0 Å². The molecular formula is C6H9F2NO2. The zero-order chi connectivity index (χ0) is 8.48. The first-order valence-electron chi connectivity index (χ1n) is 3.36. The Morgan fingerprint density at radius 1 is 1.64 bits per heavy atom. The van der Waals surface area contributed by atoms with Crippen molar-refractivity contribution in [3.63, 3.8) is 0 Å². The largest absolute Gasteiger partial charge is 0.480 e. The van der Waals surface area contributed by atoms with Gasteiger partial charge in [-0.05, 0) is 19.4 Å². The second-order valence-electron chi connectivity index (χ2n) is 2.61. The first kappa shape index (κ1) is 8.39. The number of nitrogens with one attached hydrogen (secondary N) is 1. The quantitative estimate of drug-likeness (QED) is 0.624. The van der Waals surface area contributed by atoms with Gasteiger partial charge in [0, 0.05) is 0 Å². The molecule has 1 heterocycles. The van der Waals surface area contributed by atoms with E-state index < -0.39 is 17.9 Å². The summed E-state index contributed by atoms with van der Waals surface area (Å²) in [4.78, 5) is 10.4. The van der Waals surface area contributed by atoms with Crippen LogP contribution in [0.4, 0.5) is 8.78 Å². The minimum absolute atomic E-state index is 0.0139. The number of carboxylic acid groups (broad SMARTS) is 1. The highest BCUT2D eigenvalue weighted by Crippen LogP contribution is 2.26. The number of carbonyl (C=O) groups is 1. The van der Waals surface area contributed by atoms with Crippen molar-refractivity contribution >= 4 is 5.97 Å². The minimum atomic E-state index is -2.83. The number of hydrogen-bond donors (Lipinski definition) is 2. The minimum Gasteiger partial charge on any atom is -0.480 e. The molecule has 1 rings (SSSR count). The Bertz CT molecular complexity index is 166. The van der Waals surface area contributed by atoms with E-state index in [1.807, 2.05) is 0 Å². The Morgan fingerprint density at radius 3 is 2.45 bits per heavy atom. The normalized spacial score (nSPS) is 31.2. The van der Waals surface area contributed by atoms with E-state index in [0.29, 0.717) is 13.0 Å². The first-order chi connectivity index (χ1) is 5.09. The van der Waals surface area contributed by atoms with Crippen LogP contribution in [0.1, 0.15) is 12.8 Å². The number of rotatable bonds is 2. The van der Waals surface area contributed by atoms with Crippen LogP contribution < -0.4 is 5.32 Å². The van der Waals surface area contributed by atoms with Crippen LogP contribution >= 0.6 is 0 Å². The SMILES string of the molecule is O=C(O)[C@]1(C(F)F)CCCN1. The third-order valence-electron chi connectivity index (χ3n) is 1.94. The standard InChI is InChI=1S/C6H9F2NO2/c7-4(8)6(5(10)11)2-1-3-9-6/h4,9H,1-3H2,(H,10,11)/t6-/m1/s1. The lowest BCUT2D eigenvalue weighted by atomic mass is 9.99. The molecule has 1 aliphatic rings. The van der Waals surface area contributed by atoms with Crippen molar-refractivity contribution in [3.8, 4) is 0 Å². The van der Waals surface area contributed by atoms with Gasteiger partial charge in [-0.1, -0.05) is 0 Å². The molecule has 64 valence electrons. The first-order valence-corrected chi connectivity index (χ1v) is 3.36. The Kier molecular flexibility index (Phi) is 2.08. The molecule has 11 heavy (non-hydrogen) atoms. The molecule has 2 N–H and O–H groups in total. The third-order valence-corrected chi connectivity index (χ3v) is 1.94. The maximum Gasteiger partial charge on any atom is 0.329 e. The van der Waals surface area contributed by atoms with Gasteiger partial charge in [0.15, 0.2) is 5.54 Å². The fourth-order valence-electron chi connectivity index (χ4n) is 1.23. The molecule has 1 saturated heterocycles. The van der Waals surface area contributed by atoms with Crippen molar-refractivity contribution in [1.82, 2.24) is 5.32 Å². The van der Waals surface area contributed by atoms with Crippen LogP contribution in [-0.4, -0.2) is 29.6 Å². The van der Waals surface area contributed by atoms with Crippen LogP contribution in [0.25, 0.3) is 0 Å². The van der Waals surface area contributed by atoms with Gasteiger partial charge in [0.25, 0.3) is 6.43 Å². The van der Waals surface area contributed by atoms with E-state index in [4.69, 9.17) is 5.11 Å². The van der Waals surface area contributed by atoms with Crippen LogP contribution in [0.5, 0.6) is 0 Å². The third kappa shape index (κ3) is 1.20. The molecule has 0 radical (unpaired) electrons. The molecule has 1 atom stereocenters. The van der Waals surface area contributed by atoms with E-state index in [9.17, 15) is 13.6 Å². The van der Waals surface area contributed by atoms with E-state index in [0.717, 1.165) is 0 Å². The van der Waals surface area contributed by atoms with Crippen molar-refractivity contribution in [2.45, 2.75) is 24.8 Å². The van der Waals surface area contributed by atoms with Gasteiger partial charge < -0.3 is 5.11 Å². The number of halogens is 2. The highest BCUT2D eigenvalue weighted by molar-refractivity contribution is 5.79. The molecule has 0 amide bonds. The van der Waals surface area contributed by atoms with Gasteiger partial charge in [0.2, 0.25) is 0 Å². The average molecular weight is 165 g/mol. The summed E-state index contributed by atoms with van der Waals surface area (Å²) < 4.78 is 24.4. The van der Waals surface area contributed by atoms with Crippen molar-refractivity contribution in [2.75, 3.05) is 6.54 Å². The topological polar surface area (TPSA) is 49.3 Å². The summed E-state index contributed by atoms with van der Waals surface area (Å²) in [5, 5.41) is 10.8. The van der Waals surface area contributed by atoms with Crippen LogP contribution in [0, 0.1) is 0 Å². The van der Waals surface area contributed by atoms with E-state index in [2.05, 4.69) is 5.32 Å². The summed E-state index contributed by atoms with van der Waals surface area (Å²) in [5.41, 5.74) is -1.97. The lowest BCUT2D eigenvalue weighted by Gasteiger charge is -2.22. The number of aliphatic carboxylic acids is 1. The van der Waals surface area contributed by atoms with Gasteiger partial charge in [0.1, 0.15) is 0 Å². The van der Waals surface area contributed by atoms with Gasteiger partial charge in [0.05, 0.1) is 0 Å². The maximum absolute atomic E-state index is 12.2. The summed E-state index contributed by atoms with van der Waals surface area (Å²) in [6.07, 6.45) is -2.32. The molecule has 1 aliphatic heterocycles. The number of hydrogen-bond acceptors (Lipinski definition) is 2. The second-order valence-corrected chi connectivity index (χ2v) is 2.61. The summed E-state index contributed by atoms with van der Waals surface area (Å²) in [6.45, 7) is 0.358. The van der Waals surface area contributed by atoms with Gasteiger partial charge in [-0.15, -0.1) is 0 Å². The fourth-order valence-corrected chi connectivity index (χ4v) is 1.23. The zero-order valence-corrected chi connectivity index (χ0v) is 5.81. The van der Waals surface area contributed by atoms with Gasteiger partial charge in [-0.25, -0.2) is 13.6 Å². The summed E-state index contributed by atoms with van der Waals surface area (Å²) in [6, 6.07) is 0. The van der Waals surface area contributed by atoms with Crippen molar-refractivity contribution in [3.05, 3.63) is 0 Å². The van der Waals surface area contributed by atoms with Crippen molar-refractivity contribution in [1.29, 1.82) is 0 Å². The average Bonchev–Trinajstić information content (AvgIpc) is 2.34. The molecule has 5 heteroatoms. The van der Waals surface area contributed by atoms with Crippen molar-refractivity contribution in [2.24, 2.45) is 0 Å². The van der Waals surface area contributed by atoms with Gasteiger partial charge in [-0.3, -0.25) is 5.32 Å². The van der Waals surface area contributed by atoms with Gasteiger partial charge >= 0.3 is 5.97 Å². The monoisotopic (exact) mass is 165 g/mol. The maximum atomic E-state index is 12.2. The molecule has 0 spiro atoms. The molecule has 0 saturated carbocycles. The summed E-state index contributed by atoms with van der Waals surface area (Å²) >= 11 is 0. The highest BCUT2D eigenvalue weighted by atomic mass is 19.3. The Hall–Kier alpha value is -0.710. The Labute approximate surface area is 62.4 Å². The molecule has 3 nitrogen and oxygen atoms in total. The molecule has 0 aromatic heterocycles. The molecule has 0 aromatic rings. The second kappa shape index (κ2) is 2.73. The van der Waals surface area contributed by atoms with E-state index in [1.54, 1.807) is 0 Å². The lowest BCUT2D eigenvalue weighted by molar-refractivity contribution is -0.151. The molecule has 0 unspecified atom stereocenters. The predicted octanol–water partition coefficient (Wildman–Crippen LogP) is 0.458. The Morgan fingerprint density at radius 2 is 2.27 bits per heavy atom. The highest BCUT2D eigenvalue weighted by Gasteiger charge is 2.49. The van der Waals surface area contributed by atoms with Crippen LogP contribution in [-0.2, 0) is 4.79 Å². The molecule has 0 bridgehead atoms. The van der Waals surface area contributed by atoms with E-state index >= 15 is 0 Å². The molecule has 1 fully saturated rings. The Balaban J connectivity index is 2.79. The molecule has 0 aromatic carbocycles. The summed E-state index contributed by atoms with van der Waals surface area (Å²) in [5.74, 6) is -1.45. The zero-order valence-electron chi connectivity index (χ0n) is 5.81. The van der Waals surface area contributed by atoms with E-state index in [-0.39, 0.29) is 6.42 Å². The van der Waals surface area contributed by atoms with E-state index in [1.165, 1.54) is 0 Å².